The predicted octanol–water partition coefficient (Wildman–Crippen LogP) is 3.82. The van der Waals surface area contributed by atoms with E-state index in [0.717, 1.165) is 12.8 Å². The third-order valence-corrected chi connectivity index (χ3v) is 4.90. The minimum absolute atomic E-state index is 0.0951. The van der Waals surface area contributed by atoms with E-state index in [9.17, 15) is 0 Å². The molecule has 0 aliphatic rings. The van der Waals surface area contributed by atoms with Crippen molar-refractivity contribution in [3.05, 3.63) is 20.8 Å². The first-order valence-electron chi connectivity index (χ1n) is 4.98. The molecule has 0 saturated heterocycles. The van der Waals surface area contributed by atoms with Crippen LogP contribution in [0.15, 0.2) is 15.9 Å². The Hall–Kier alpha value is 0.140. The molecule has 2 atom stereocenters. The number of hydrogen-bond acceptors (Lipinski definition) is 2. The van der Waals surface area contributed by atoms with E-state index in [1.165, 1.54) is 9.35 Å². The summed E-state index contributed by atoms with van der Waals surface area (Å²) in [6.45, 7) is 6.56. The SMILES string of the molecule is CCC(C)C(C)(N)Cc1sccc1Br. The van der Waals surface area contributed by atoms with Gasteiger partial charge >= 0.3 is 0 Å². The predicted molar refractivity (Wildman–Crippen MR) is 67.8 cm³/mol. The summed E-state index contributed by atoms with van der Waals surface area (Å²) in [6, 6.07) is 2.09. The minimum atomic E-state index is -0.0951. The summed E-state index contributed by atoms with van der Waals surface area (Å²) in [5, 5.41) is 2.10. The Labute approximate surface area is 98.8 Å². The van der Waals surface area contributed by atoms with Gasteiger partial charge in [-0.05, 0) is 40.2 Å². The summed E-state index contributed by atoms with van der Waals surface area (Å²) < 4.78 is 1.20. The highest BCUT2D eigenvalue weighted by Crippen LogP contribution is 2.29. The van der Waals surface area contributed by atoms with Crippen LogP contribution in [-0.4, -0.2) is 5.54 Å². The summed E-state index contributed by atoms with van der Waals surface area (Å²) in [6.07, 6.45) is 2.09. The van der Waals surface area contributed by atoms with Crippen molar-refractivity contribution in [2.24, 2.45) is 11.7 Å². The van der Waals surface area contributed by atoms with E-state index in [-0.39, 0.29) is 5.54 Å². The van der Waals surface area contributed by atoms with Gasteiger partial charge in [0.1, 0.15) is 0 Å². The largest absolute Gasteiger partial charge is 0.325 e. The van der Waals surface area contributed by atoms with Crippen LogP contribution in [-0.2, 0) is 6.42 Å². The Balaban J connectivity index is 2.73. The Kier molecular flexibility index (Phi) is 4.16. The Morgan fingerprint density at radius 1 is 1.64 bits per heavy atom. The van der Waals surface area contributed by atoms with Crippen LogP contribution in [0.4, 0.5) is 0 Å². The molecule has 1 nitrogen and oxygen atoms in total. The zero-order valence-electron chi connectivity index (χ0n) is 9.01. The molecule has 1 rings (SSSR count). The van der Waals surface area contributed by atoms with Gasteiger partial charge in [0.15, 0.2) is 0 Å². The molecule has 0 aromatic carbocycles. The summed E-state index contributed by atoms with van der Waals surface area (Å²) in [5.74, 6) is 0.552. The second-order valence-corrected chi connectivity index (χ2v) is 6.04. The van der Waals surface area contributed by atoms with Crippen molar-refractivity contribution in [3.63, 3.8) is 0 Å². The van der Waals surface area contributed by atoms with Crippen LogP contribution < -0.4 is 5.73 Å². The highest BCUT2D eigenvalue weighted by Gasteiger charge is 2.26. The van der Waals surface area contributed by atoms with Gasteiger partial charge < -0.3 is 5.73 Å². The minimum Gasteiger partial charge on any atom is -0.325 e. The fourth-order valence-corrected chi connectivity index (χ4v) is 3.11. The normalized spacial score (nSPS) is 17.8. The van der Waals surface area contributed by atoms with Gasteiger partial charge in [0, 0.05) is 21.3 Å². The van der Waals surface area contributed by atoms with Crippen LogP contribution in [0.1, 0.15) is 32.1 Å². The number of hydrogen-bond donors (Lipinski definition) is 1. The molecule has 0 saturated carbocycles. The van der Waals surface area contributed by atoms with Crippen molar-refractivity contribution in [2.75, 3.05) is 0 Å². The Morgan fingerprint density at radius 3 is 2.71 bits per heavy atom. The molecule has 3 heteroatoms. The molecular formula is C11H18BrNS. The van der Waals surface area contributed by atoms with E-state index in [0.29, 0.717) is 5.92 Å². The lowest BCUT2D eigenvalue weighted by atomic mass is 9.83. The molecule has 0 bridgehead atoms. The van der Waals surface area contributed by atoms with Crippen LogP contribution in [0.5, 0.6) is 0 Å². The Morgan fingerprint density at radius 2 is 2.29 bits per heavy atom. The third kappa shape index (κ3) is 2.81. The van der Waals surface area contributed by atoms with Gasteiger partial charge in [-0.3, -0.25) is 0 Å². The molecule has 0 amide bonds. The van der Waals surface area contributed by atoms with Gasteiger partial charge in [0.2, 0.25) is 0 Å². The van der Waals surface area contributed by atoms with Crippen molar-refractivity contribution < 1.29 is 0 Å². The molecule has 0 aliphatic heterocycles. The molecule has 1 heterocycles. The van der Waals surface area contributed by atoms with Crippen molar-refractivity contribution in [1.29, 1.82) is 0 Å². The van der Waals surface area contributed by atoms with Crippen LogP contribution in [0.25, 0.3) is 0 Å². The van der Waals surface area contributed by atoms with E-state index in [4.69, 9.17) is 5.73 Å². The molecule has 0 spiro atoms. The van der Waals surface area contributed by atoms with Gasteiger partial charge in [-0.2, -0.15) is 0 Å². The highest BCUT2D eigenvalue weighted by molar-refractivity contribution is 9.10. The smallest absolute Gasteiger partial charge is 0.0315 e. The standard InChI is InChI=1S/C11H18BrNS/c1-4-8(2)11(3,13)7-10-9(12)5-6-14-10/h5-6,8H,4,7,13H2,1-3H3. The lowest BCUT2D eigenvalue weighted by Crippen LogP contribution is -2.44. The topological polar surface area (TPSA) is 26.0 Å². The van der Waals surface area contributed by atoms with E-state index < -0.39 is 0 Å². The first-order chi connectivity index (χ1) is 6.47. The Bertz CT molecular complexity index is 293. The van der Waals surface area contributed by atoms with E-state index in [1.807, 2.05) is 0 Å². The molecule has 14 heavy (non-hydrogen) atoms. The van der Waals surface area contributed by atoms with Crippen molar-refractivity contribution in [1.82, 2.24) is 0 Å². The van der Waals surface area contributed by atoms with Crippen LogP contribution in [0.3, 0.4) is 0 Å². The molecule has 2 unspecified atom stereocenters. The maximum atomic E-state index is 6.32. The van der Waals surface area contributed by atoms with Crippen LogP contribution >= 0.6 is 27.3 Å². The maximum Gasteiger partial charge on any atom is 0.0315 e. The molecular weight excluding hydrogens is 258 g/mol. The first-order valence-corrected chi connectivity index (χ1v) is 6.65. The van der Waals surface area contributed by atoms with Crippen molar-refractivity contribution >= 4 is 27.3 Å². The van der Waals surface area contributed by atoms with Crippen LogP contribution in [0.2, 0.25) is 0 Å². The molecule has 1 aromatic rings. The van der Waals surface area contributed by atoms with Gasteiger partial charge in [0.25, 0.3) is 0 Å². The zero-order chi connectivity index (χ0) is 10.8. The molecule has 2 N–H and O–H groups in total. The summed E-state index contributed by atoms with van der Waals surface area (Å²) >= 11 is 5.32. The molecule has 80 valence electrons. The van der Waals surface area contributed by atoms with E-state index in [2.05, 4.69) is 48.1 Å². The van der Waals surface area contributed by atoms with Gasteiger partial charge in [0.05, 0.1) is 0 Å². The van der Waals surface area contributed by atoms with Crippen LogP contribution in [0, 0.1) is 5.92 Å². The number of rotatable bonds is 4. The van der Waals surface area contributed by atoms with Gasteiger partial charge in [-0.1, -0.05) is 20.3 Å². The van der Waals surface area contributed by atoms with Crippen molar-refractivity contribution in [2.45, 2.75) is 39.2 Å². The molecule has 0 fully saturated rings. The highest BCUT2D eigenvalue weighted by atomic mass is 79.9. The molecule has 1 aromatic heterocycles. The zero-order valence-corrected chi connectivity index (χ0v) is 11.4. The fraction of sp³-hybridized carbons (Fsp3) is 0.636. The summed E-state index contributed by atoms with van der Waals surface area (Å²) in [7, 11) is 0. The lowest BCUT2D eigenvalue weighted by Gasteiger charge is -2.30. The van der Waals surface area contributed by atoms with Gasteiger partial charge in [-0.15, -0.1) is 11.3 Å². The number of thiophene rings is 1. The third-order valence-electron chi connectivity index (χ3n) is 2.97. The average molecular weight is 276 g/mol. The molecule has 0 radical (unpaired) electrons. The number of nitrogens with two attached hydrogens (primary N) is 1. The second kappa shape index (κ2) is 4.77. The monoisotopic (exact) mass is 275 g/mol. The summed E-state index contributed by atoms with van der Waals surface area (Å²) in [5.41, 5.74) is 6.22. The second-order valence-electron chi connectivity index (χ2n) is 4.18. The van der Waals surface area contributed by atoms with Crippen molar-refractivity contribution in [3.8, 4) is 0 Å². The summed E-state index contributed by atoms with van der Waals surface area (Å²) in [4.78, 5) is 1.36. The maximum absolute atomic E-state index is 6.32. The van der Waals surface area contributed by atoms with E-state index in [1.54, 1.807) is 11.3 Å². The van der Waals surface area contributed by atoms with E-state index >= 15 is 0 Å². The number of halogens is 1. The lowest BCUT2D eigenvalue weighted by molar-refractivity contribution is 0.308. The quantitative estimate of drug-likeness (QED) is 0.889. The fourth-order valence-electron chi connectivity index (χ4n) is 1.44. The average Bonchev–Trinajstić information content (AvgIpc) is 2.50. The molecule has 0 aliphatic carbocycles. The first kappa shape index (κ1) is 12.2. The van der Waals surface area contributed by atoms with Gasteiger partial charge in [-0.25, -0.2) is 0 Å².